The van der Waals surface area contributed by atoms with Crippen LogP contribution in [-0.2, 0) is 0 Å². The van der Waals surface area contributed by atoms with Crippen molar-refractivity contribution < 1.29 is 4.39 Å². The molecule has 0 saturated heterocycles. The van der Waals surface area contributed by atoms with Gasteiger partial charge in [-0.15, -0.1) is 0 Å². The van der Waals surface area contributed by atoms with Crippen molar-refractivity contribution in [3.8, 4) is 6.07 Å². The minimum absolute atomic E-state index is 0.0536. The van der Waals surface area contributed by atoms with Gasteiger partial charge in [-0.25, -0.2) is 4.39 Å². The van der Waals surface area contributed by atoms with E-state index in [1.54, 1.807) is 0 Å². The first-order valence-electron chi connectivity index (χ1n) is 3.30. The van der Waals surface area contributed by atoms with Crippen LogP contribution >= 0.6 is 11.6 Å². The minimum atomic E-state index is -0.459. The van der Waals surface area contributed by atoms with E-state index in [0.29, 0.717) is 5.69 Å². The average Bonchev–Trinajstić information content (AvgIpc) is 2.07. The number of nitrogens with zero attached hydrogens (tertiary/aromatic N) is 1. The number of halogens is 2. The Bertz CT molecular complexity index is 319. The molecule has 0 unspecified atom stereocenters. The van der Waals surface area contributed by atoms with E-state index < -0.39 is 5.82 Å². The molecule has 0 aliphatic heterocycles. The molecule has 1 rings (SSSR count). The van der Waals surface area contributed by atoms with Crippen molar-refractivity contribution in [3.63, 3.8) is 0 Å². The summed E-state index contributed by atoms with van der Waals surface area (Å²) >= 11 is 5.49. The zero-order valence-electron chi connectivity index (χ0n) is 6.14. The fourth-order valence-electron chi connectivity index (χ4n) is 0.748. The fraction of sp³-hybridized carbons (Fsp3) is 0.125. The van der Waals surface area contributed by atoms with Crippen molar-refractivity contribution in [2.45, 2.75) is 0 Å². The number of hydrogen-bond donors (Lipinski definition) is 1. The predicted octanol–water partition coefficient (Wildman–Crippen LogP) is 2.41. The Morgan fingerprint density at radius 1 is 1.58 bits per heavy atom. The van der Waals surface area contributed by atoms with E-state index >= 15 is 0 Å². The van der Waals surface area contributed by atoms with Crippen LogP contribution in [0.15, 0.2) is 18.2 Å². The SMILES string of the molecule is N#CCNc1ccc(F)c(Cl)c1. The molecule has 0 aromatic heterocycles. The maximum Gasteiger partial charge on any atom is 0.141 e. The second kappa shape index (κ2) is 3.93. The molecule has 0 atom stereocenters. The zero-order valence-corrected chi connectivity index (χ0v) is 6.90. The van der Waals surface area contributed by atoms with Crippen LogP contribution in [0.2, 0.25) is 5.02 Å². The lowest BCUT2D eigenvalue weighted by Crippen LogP contribution is -1.97. The normalized spacial score (nSPS) is 9.08. The Morgan fingerprint density at radius 2 is 2.33 bits per heavy atom. The smallest absolute Gasteiger partial charge is 0.141 e. The van der Waals surface area contributed by atoms with Gasteiger partial charge in [0, 0.05) is 5.69 Å². The predicted molar refractivity (Wildman–Crippen MR) is 45.5 cm³/mol. The van der Waals surface area contributed by atoms with Gasteiger partial charge in [0.05, 0.1) is 11.1 Å². The third-order valence-electron chi connectivity index (χ3n) is 1.29. The summed E-state index contributed by atoms with van der Waals surface area (Å²) < 4.78 is 12.6. The van der Waals surface area contributed by atoms with Gasteiger partial charge in [-0.05, 0) is 18.2 Å². The topological polar surface area (TPSA) is 35.8 Å². The van der Waals surface area contributed by atoms with Gasteiger partial charge < -0.3 is 5.32 Å². The average molecular weight is 185 g/mol. The van der Waals surface area contributed by atoms with Crippen molar-refractivity contribution >= 4 is 17.3 Å². The fourth-order valence-corrected chi connectivity index (χ4v) is 0.928. The third-order valence-corrected chi connectivity index (χ3v) is 1.58. The van der Waals surface area contributed by atoms with E-state index in [2.05, 4.69) is 5.32 Å². The lowest BCUT2D eigenvalue weighted by atomic mass is 10.3. The number of nitriles is 1. The number of anilines is 1. The van der Waals surface area contributed by atoms with Crippen LogP contribution < -0.4 is 5.32 Å². The molecule has 1 N–H and O–H groups in total. The van der Waals surface area contributed by atoms with Crippen LogP contribution in [0.3, 0.4) is 0 Å². The first kappa shape index (κ1) is 8.82. The number of rotatable bonds is 2. The molecule has 0 heterocycles. The van der Waals surface area contributed by atoms with E-state index in [9.17, 15) is 4.39 Å². The Labute approximate surface area is 74.6 Å². The van der Waals surface area contributed by atoms with Crippen molar-refractivity contribution in [2.75, 3.05) is 11.9 Å². The zero-order chi connectivity index (χ0) is 8.97. The molecular formula is C8H6ClFN2. The molecule has 0 bridgehead atoms. The molecule has 0 aliphatic rings. The molecule has 0 spiro atoms. The van der Waals surface area contributed by atoms with Crippen molar-refractivity contribution in [1.82, 2.24) is 0 Å². The number of benzene rings is 1. The van der Waals surface area contributed by atoms with E-state index in [4.69, 9.17) is 16.9 Å². The highest BCUT2D eigenvalue weighted by Crippen LogP contribution is 2.18. The Kier molecular flexibility index (Phi) is 2.89. The first-order chi connectivity index (χ1) is 5.74. The van der Waals surface area contributed by atoms with Gasteiger partial charge in [-0.1, -0.05) is 11.6 Å². The van der Waals surface area contributed by atoms with Crippen LogP contribution in [0, 0.1) is 17.1 Å². The monoisotopic (exact) mass is 184 g/mol. The summed E-state index contributed by atoms with van der Waals surface area (Å²) in [5.41, 5.74) is 0.642. The van der Waals surface area contributed by atoms with Gasteiger partial charge in [0.2, 0.25) is 0 Å². The lowest BCUT2D eigenvalue weighted by molar-refractivity contribution is 0.628. The van der Waals surface area contributed by atoms with Gasteiger partial charge in [0.15, 0.2) is 0 Å². The molecule has 0 aliphatic carbocycles. The second-order valence-corrected chi connectivity index (χ2v) is 2.55. The van der Waals surface area contributed by atoms with Crippen LogP contribution in [0.25, 0.3) is 0 Å². The Morgan fingerprint density at radius 3 is 2.92 bits per heavy atom. The molecule has 2 nitrogen and oxygen atoms in total. The maximum absolute atomic E-state index is 12.6. The van der Waals surface area contributed by atoms with Crippen LogP contribution in [0.5, 0.6) is 0 Å². The molecule has 0 fully saturated rings. The van der Waals surface area contributed by atoms with E-state index in [0.717, 1.165) is 0 Å². The minimum Gasteiger partial charge on any atom is -0.372 e. The third kappa shape index (κ3) is 2.11. The van der Waals surface area contributed by atoms with E-state index in [-0.39, 0.29) is 11.6 Å². The molecule has 4 heteroatoms. The summed E-state index contributed by atoms with van der Waals surface area (Å²) in [6.45, 7) is 0.183. The molecule has 1 aromatic carbocycles. The van der Waals surface area contributed by atoms with Gasteiger partial charge in [0.1, 0.15) is 12.4 Å². The molecule has 1 aromatic rings. The standard InChI is InChI=1S/C8H6ClFN2/c9-7-5-6(12-4-3-11)1-2-8(7)10/h1-2,5,12H,4H2. The van der Waals surface area contributed by atoms with Gasteiger partial charge in [-0.2, -0.15) is 5.26 Å². The Hall–Kier alpha value is -1.27. The quantitative estimate of drug-likeness (QED) is 0.717. The van der Waals surface area contributed by atoms with Crippen molar-refractivity contribution in [3.05, 3.63) is 29.0 Å². The molecule has 62 valence electrons. The first-order valence-corrected chi connectivity index (χ1v) is 3.67. The van der Waals surface area contributed by atoms with E-state index in [1.807, 2.05) is 6.07 Å². The van der Waals surface area contributed by atoms with Gasteiger partial charge in [-0.3, -0.25) is 0 Å². The van der Waals surface area contributed by atoms with Crippen LogP contribution in [0.4, 0.5) is 10.1 Å². The molecule has 12 heavy (non-hydrogen) atoms. The summed E-state index contributed by atoms with van der Waals surface area (Å²) in [5, 5.41) is 11.0. The van der Waals surface area contributed by atoms with Crippen molar-refractivity contribution in [1.29, 1.82) is 5.26 Å². The summed E-state index contributed by atoms with van der Waals surface area (Å²) in [6.07, 6.45) is 0. The van der Waals surface area contributed by atoms with E-state index in [1.165, 1.54) is 18.2 Å². The number of nitrogens with one attached hydrogen (secondary N) is 1. The van der Waals surface area contributed by atoms with Crippen LogP contribution in [0.1, 0.15) is 0 Å². The summed E-state index contributed by atoms with van der Waals surface area (Å²) in [7, 11) is 0. The lowest BCUT2D eigenvalue weighted by Gasteiger charge is -2.01. The highest BCUT2D eigenvalue weighted by molar-refractivity contribution is 6.31. The van der Waals surface area contributed by atoms with Crippen LogP contribution in [-0.4, -0.2) is 6.54 Å². The van der Waals surface area contributed by atoms with Crippen molar-refractivity contribution in [2.24, 2.45) is 0 Å². The molecular weight excluding hydrogens is 179 g/mol. The summed E-state index contributed by atoms with van der Waals surface area (Å²) in [4.78, 5) is 0. The largest absolute Gasteiger partial charge is 0.372 e. The van der Waals surface area contributed by atoms with Gasteiger partial charge >= 0.3 is 0 Å². The second-order valence-electron chi connectivity index (χ2n) is 2.14. The molecule has 0 saturated carbocycles. The summed E-state index contributed by atoms with van der Waals surface area (Å²) in [5.74, 6) is -0.459. The molecule has 0 radical (unpaired) electrons. The highest BCUT2D eigenvalue weighted by Gasteiger charge is 1.98. The highest BCUT2D eigenvalue weighted by atomic mass is 35.5. The molecule has 0 amide bonds. The Balaban J connectivity index is 2.77. The summed E-state index contributed by atoms with van der Waals surface area (Å²) in [6, 6.07) is 6.12. The number of hydrogen-bond acceptors (Lipinski definition) is 2. The van der Waals surface area contributed by atoms with Gasteiger partial charge in [0.25, 0.3) is 0 Å². The maximum atomic E-state index is 12.6.